The van der Waals surface area contributed by atoms with E-state index < -0.39 is 0 Å². The summed E-state index contributed by atoms with van der Waals surface area (Å²) in [5, 5.41) is 0. The normalized spacial score (nSPS) is 30.8. The Morgan fingerprint density at radius 3 is 2.39 bits per heavy atom. The van der Waals surface area contributed by atoms with Gasteiger partial charge in [0.2, 0.25) is 5.91 Å². The molecule has 1 aliphatic heterocycles. The van der Waals surface area contributed by atoms with Crippen molar-refractivity contribution in [3.63, 3.8) is 0 Å². The highest BCUT2D eigenvalue weighted by Gasteiger charge is 2.36. The van der Waals surface area contributed by atoms with Gasteiger partial charge in [-0.15, -0.1) is 12.4 Å². The molecule has 2 aliphatic rings. The number of nitrogens with zero attached hydrogens (tertiary/aromatic N) is 1. The van der Waals surface area contributed by atoms with Crippen molar-refractivity contribution in [2.24, 2.45) is 17.6 Å². The lowest BCUT2D eigenvalue weighted by atomic mass is 9.78. The fourth-order valence-electron chi connectivity index (χ4n) is 4.25. The number of nitrogens with two attached hydrogens (primary N) is 1. The number of hydrogen-bond acceptors (Lipinski definition) is 2. The molecule has 2 unspecified atom stereocenters. The summed E-state index contributed by atoms with van der Waals surface area (Å²) in [5.74, 6) is 1.76. The molecule has 0 spiro atoms. The monoisotopic (exact) mass is 336 g/mol. The second-order valence-corrected chi connectivity index (χ2v) is 7.14. The minimum Gasteiger partial charge on any atom is -0.339 e. The third-order valence-corrected chi connectivity index (χ3v) is 5.63. The number of benzene rings is 1. The molecule has 0 bridgehead atoms. The molecule has 2 N–H and O–H groups in total. The minimum absolute atomic E-state index is 0. The maximum Gasteiger partial charge on any atom is 0.225 e. The quantitative estimate of drug-likeness (QED) is 0.917. The standard InChI is InChI=1S/C19H28N2O.ClH/c1-14-11-15(12-20)13-21(14)19(22)18-9-7-17(8-10-18)16-5-3-2-4-6-16;/h2-6,14-15,17-18H,7-13,20H2,1H3;1H. The molecular formula is C19H29ClN2O. The van der Waals surface area contributed by atoms with E-state index in [1.54, 1.807) is 0 Å². The molecule has 3 nitrogen and oxygen atoms in total. The summed E-state index contributed by atoms with van der Waals surface area (Å²) in [6, 6.07) is 11.1. The molecule has 1 saturated heterocycles. The Labute approximate surface area is 146 Å². The number of carbonyl (C=O) groups is 1. The van der Waals surface area contributed by atoms with Crippen LogP contribution in [0.2, 0.25) is 0 Å². The van der Waals surface area contributed by atoms with Crippen molar-refractivity contribution in [2.45, 2.75) is 51.0 Å². The van der Waals surface area contributed by atoms with Crippen LogP contribution in [-0.4, -0.2) is 29.9 Å². The summed E-state index contributed by atoms with van der Waals surface area (Å²) < 4.78 is 0. The van der Waals surface area contributed by atoms with E-state index in [4.69, 9.17) is 5.73 Å². The third kappa shape index (κ3) is 4.07. The Morgan fingerprint density at radius 2 is 1.83 bits per heavy atom. The lowest BCUT2D eigenvalue weighted by Gasteiger charge is -2.32. The van der Waals surface area contributed by atoms with Gasteiger partial charge in [0.25, 0.3) is 0 Å². The van der Waals surface area contributed by atoms with Crippen LogP contribution in [0.1, 0.15) is 50.5 Å². The fraction of sp³-hybridized carbons (Fsp3) is 0.632. The van der Waals surface area contributed by atoms with Gasteiger partial charge < -0.3 is 10.6 Å². The molecule has 1 saturated carbocycles. The molecule has 2 atom stereocenters. The summed E-state index contributed by atoms with van der Waals surface area (Å²) in [6.45, 7) is 3.74. The highest BCUT2D eigenvalue weighted by molar-refractivity contribution is 5.85. The predicted octanol–water partition coefficient (Wildman–Crippen LogP) is 3.58. The number of likely N-dealkylation sites (tertiary alicyclic amines) is 1. The van der Waals surface area contributed by atoms with E-state index in [9.17, 15) is 4.79 Å². The molecular weight excluding hydrogens is 308 g/mol. The number of hydrogen-bond donors (Lipinski definition) is 1. The SMILES string of the molecule is CC1CC(CN)CN1C(=O)C1CCC(c2ccccc2)CC1.Cl. The lowest BCUT2D eigenvalue weighted by molar-refractivity contribution is -0.137. The van der Waals surface area contributed by atoms with Gasteiger partial charge in [-0.05, 0) is 63.0 Å². The van der Waals surface area contributed by atoms with E-state index in [1.165, 1.54) is 5.56 Å². The smallest absolute Gasteiger partial charge is 0.225 e. The number of halogens is 1. The van der Waals surface area contributed by atoms with Gasteiger partial charge in [0.15, 0.2) is 0 Å². The van der Waals surface area contributed by atoms with Gasteiger partial charge in [-0.3, -0.25) is 4.79 Å². The van der Waals surface area contributed by atoms with Gasteiger partial charge in [0.05, 0.1) is 0 Å². The van der Waals surface area contributed by atoms with Crippen molar-refractivity contribution in [3.8, 4) is 0 Å². The van der Waals surface area contributed by atoms with E-state index in [-0.39, 0.29) is 18.3 Å². The Kier molecular flexibility index (Phi) is 6.49. The van der Waals surface area contributed by atoms with Crippen LogP contribution in [0.4, 0.5) is 0 Å². The second-order valence-electron chi connectivity index (χ2n) is 7.14. The second kappa shape index (κ2) is 8.16. The zero-order valence-electron chi connectivity index (χ0n) is 14.0. The molecule has 1 amide bonds. The average molecular weight is 337 g/mol. The number of amides is 1. The van der Waals surface area contributed by atoms with Gasteiger partial charge in [-0.2, -0.15) is 0 Å². The van der Waals surface area contributed by atoms with Crippen LogP contribution >= 0.6 is 12.4 Å². The van der Waals surface area contributed by atoms with E-state index in [2.05, 4.69) is 42.2 Å². The van der Waals surface area contributed by atoms with Gasteiger partial charge in [-0.25, -0.2) is 0 Å². The zero-order chi connectivity index (χ0) is 15.5. The van der Waals surface area contributed by atoms with E-state index in [0.717, 1.165) is 38.6 Å². The third-order valence-electron chi connectivity index (χ3n) is 5.63. The molecule has 1 aromatic rings. The van der Waals surface area contributed by atoms with Crippen molar-refractivity contribution >= 4 is 18.3 Å². The molecule has 1 heterocycles. The first-order valence-electron chi connectivity index (χ1n) is 8.74. The first-order chi connectivity index (χ1) is 10.7. The van der Waals surface area contributed by atoms with Crippen LogP contribution in [0.5, 0.6) is 0 Å². The molecule has 2 fully saturated rings. The van der Waals surface area contributed by atoms with E-state index >= 15 is 0 Å². The molecule has 1 aliphatic carbocycles. The molecule has 4 heteroatoms. The van der Waals surface area contributed by atoms with Gasteiger partial charge in [-0.1, -0.05) is 30.3 Å². The summed E-state index contributed by atoms with van der Waals surface area (Å²) >= 11 is 0. The topological polar surface area (TPSA) is 46.3 Å². The highest BCUT2D eigenvalue weighted by Crippen LogP contribution is 2.37. The molecule has 1 aromatic carbocycles. The van der Waals surface area contributed by atoms with Crippen LogP contribution < -0.4 is 5.73 Å². The number of rotatable bonds is 3. The summed E-state index contributed by atoms with van der Waals surface area (Å²) in [6.07, 6.45) is 5.43. The van der Waals surface area contributed by atoms with Crippen LogP contribution in [0.25, 0.3) is 0 Å². The van der Waals surface area contributed by atoms with Crippen LogP contribution in [-0.2, 0) is 4.79 Å². The first kappa shape index (κ1) is 18.3. The van der Waals surface area contributed by atoms with Gasteiger partial charge in [0.1, 0.15) is 0 Å². The molecule has 0 radical (unpaired) electrons. The van der Waals surface area contributed by atoms with Crippen LogP contribution in [0.3, 0.4) is 0 Å². The summed E-state index contributed by atoms with van der Waals surface area (Å²) in [5.41, 5.74) is 7.22. The Morgan fingerprint density at radius 1 is 1.17 bits per heavy atom. The van der Waals surface area contributed by atoms with Crippen LogP contribution in [0, 0.1) is 11.8 Å². The molecule has 3 rings (SSSR count). The fourth-order valence-corrected chi connectivity index (χ4v) is 4.25. The summed E-state index contributed by atoms with van der Waals surface area (Å²) in [7, 11) is 0. The molecule has 0 aromatic heterocycles. The zero-order valence-corrected chi connectivity index (χ0v) is 14.8. The van der Waals surface area contributed by atoms with Crippen molar-refractivity contribution < 1.29 is 4.79 Å². The van der Waals surface area contributed by atoms with Crippen molar-refractivity contribution in [1.29, 1.82) is 0 Å². The van der Waals surface area contributed by atoms with E-state index in [0.29, 0.717) is 30.3 Å². The van der Waals surface area contributed by atoms with E-state index in [1.807, 2.05) is 0 Å². The molecule has 23 heavy (non-hydrogen) atoms. The van der Waals surface area contributed by atoms with Gasteiger partial charge >= 0.3 is 0 Å². The minimum atomic E-state index is 0. The van der Waals surface area contributed by atoms with Crippen molar-refractivity contribution in [1.82, 2.24) is 4.90 Å². The van der Waals surface area contributed by atoms with Crippen molar-refractivity contribution in [2.75, 3.05) is 13.1 Å². The predicted molar refractivity (Wildman–Crippen MR) is 96.7 cm³/mol. The Bertz CT molecular complexity index is 499. The number of carbonyl (C=O) groups excluding carboxylic acids is 1. The van der Waals surface area contributed by atoms with Gasteiger partial charge in [0, 0.05) is 18.5 Å². The first-order valence-corrected chi connectivity index (χ1v) is 8.74. The average Bonchev–Trinajstić information content (AvgIpc) is 2.96. The van der Waals surface area contributed by atoms with Crippen molar-refractivity contribution in [3.05, 3.63) is 35.9 Å². The lowest BCUT2D eigenvalue weighted by Crippen LogP contribution is -2.40. The summed E-state index contributed by atoms with van der Waals surface area (Å²) in [4.78, 5) is 14.9. The Hall–Kier alpha value is -1.06. The van der Waals surface area contributed by atoms with Crippen LogP contribution in [0.15, 0.2) is 30.3 Å². The maximum atomic E-state index is 12.8. The maximum absolute atomic E-state index is 12.8. The Balaban J connectivity index is 0.00000192. The molecule has 128 valence electrons. The highest BCUT2D eigenvalue weighted by atomic mass is 35.5. The largest absolute Gasteiger partial charge is 0.339 e.